The van der Waals surface area contributed by atoms with Gasteiger partial charge in [-0.3, -0.25) is 0 Å². The quantitative estimate of drug-likeness (QED) is 0.485. The smallest absolute Gasteiger partial charge is 0.126 e. The summed E-state index contributed by atoms with van der Waals surface area (Å²) in [6, 6.07) is 23.2. The van der Waals surface area contributed by atoms with Crippen molar-refractivity contribution in [3.63, 3.8) is 0 Å². The summed E-state index contributed by atoms with van der Waals surface area (Å²) in [5, 5.41) is 0. The summed E-state index contributed by atoms with van der Waals surface area (Å²) in [5.41, 5.74) is 4.85. The predicted octanol–water partition coefficient (Wildman–Crippen LogP) is 5.15. The molecule has 0 N–H and O–H groups in total. The van der Waals surface area contributed by atoms with Crippen LogP contribution in [0.15, 0.2) is 72.8 Å². The van der Waals surface area contributed by atoms with Gasteiger partial charge in [-0.15, -0.1) is 0 Å². The van der Waals surface area contributed by atoms with E-state index in [0.29, 0.717) is 12.0 Å². The second kappa shape index (κ2) is 9.57. The lowest BCUT2D eigenvalue weighted by Gasteiger charge is -2.26. The van der Waals surface area contributed by atoms with Gasteiger partial charge in [0.25, 0.3) is 0 Å². The van der Waals surface area contributed by atoms with Crippen LogP contribution in [0.2, 0.25) is 0 Å². The van der Waals surface area contributed by atoms with Crippen molar-refractivity contribution in [2.45, 2.75) is 12.3 Å². The topological polar surface area (TPSA) is 23.6 Å². The van der Waals surface area contributed by atoms with Gasteiger partial charge < -0.3 is 14.6 Å². The summed E-state index contributed by atoms with van der Waals surface area (Å²) >= 11 is 0. The van der Waals surface area contributed by atoms with Crippen LogP contribution in [0.4, 0.5) is 15.8 Å². The lowest BCUT2D eigenvalue weighted by Crippen LogP contribution is -2.19. The molecule has 0 fully saturated rings. The van der Waals surface area contributed by atoms with E-state index in [4.69, 9.17) is 0 Å². The molecule has 0 unspecified atom stereocenters. The zero-order valence-corrected chi connectivity index (χ0v) is 18.0. The van der Waals surface area contributed by atoms with Gasteiger partial charge in [-0.25, -0.2) is 4.39 Å². The fourth-order valence-electron chi connectivity index (χ4n) is 3.81. The highest BCUT2D eigenvalue weighted by atomic mass is 19.1. The van der Waals surface area contributed by atoms with Crippen molar-refractivity contribution >= 4 is 17.7 Å². The molecule has 3 aromatic carbocycles. The summed E-state index contributed by atoms with van der Waals surface area (Å²) in [6.07, 6.45) is 1.32. The molecule has 0 aromatic heterocycles. The number of benzene rings is 3. The molecule has 0 heterocycles. The highest BCUT2D eigenvalue weighted by Crippen LogP contribution is 2.35. The maximum absolute atomic E-state index is 14.3. The van der Waals surface area contributed by atoms with Crippen LogP contribution in [-0.4, -0.2) is 34.5 Å². The maximum atomic E-state index is 14.3. The van der Waals surface area contributed by atoms with Crippen molar-refractivity contribution in [1.82, 2.24) is 0 Å². The fraction of sp³-hybridized carbons (Fsp3) is 0.269. The standard InChI is InChI=1S/C26H29FN2O/c1-28(2)23-13-9-19(10-14-23)26(20-11-15-24(16-12-20)29(3)4)22(18-30)17-21-7-5-6-8-25(21)27/h5-16,18,22,26H,17H2,1-4H3/t22-/m0/s1. The zero-order valence-electron chi connectivity index (χ0n) is 18.0. The van der Waals surface area contributed by atoms with Crippen molar-refractivity contribution in [2.75, 3.05) is 38.0 Å². The van der Waals surface area contributed by atoms with E-state index >= 15 is 0 Å². The van der Waals surface area contributed by atoms with Gasteiger partial charge in [0.05, 0.1) is 0 Å². The molecule has 1 atom stereocenters. The molecule has 0 spiro atoms. The first kappa shape index (κ1) is 21.6. The number of rotatable bonds is 8. The van der Waals surface area contributed by atoms with Gasteiger partial charge in [-0.1, -0.05) is 42.5 Å². The SMILES string of the molecule is CN(C)c1ccc(C(c2ccc(N(C)C)cc2)[C@H](C=O)Cc2ccccc2F)cc1. The van der Waals surface area contributed by atoms with Crippen molar-refractivity contribution in [1.29, 1.82) is 0 Å². The Morgan fingerprint density at radius 2 is 1.23 bits per heavy atom. The third kappa shape index (κ3) is 4.88. The Bertz CT molecular complexity index is 914. The lowest BCUT2D eigenvalue weighted by atomic mass is 9.78. The van der Waals surface area contributed by atoms with Crippen LogP contribution in [0.1, 0.15) is 22.6 Å². The van der Waals surface area contributed by atoms with Crippen molar-refractivity contribution in [3.8, 4) is 0 Å². The first-order valence-electron chi connectivity index (χ1n) is 10.1. The van der Waals surface area contributed by atoms with Crippen LogP contribution in [0.25, 0.3) is 0 Å². The summed E-state index contributed by atoms with van der Waals surface area (Å²) in [7, 11) is 8.00. The number of halogens is 1. The number of nitrogens with zero attached hydrogens (tertiary/aromatic N) is 2. The predicted molar refractivity (Wildman–Crippen MR) is 123 cm³/mol. The van der Waals surface area contributed by atoms with Gasteiger partial charge in [-0.2, -0.15) is 0 Å². The van der Waals surface area contributed by atoms with Gasteiger partial charge in [0.2, 0.25) is 0 Å². The van der Waals surface area contributed by atoms with Crippen LogP contribution < -0.4 is 9.80 Å². The van der Waals surface area contributed by atoms with Gasteiger partial charge in [0.1, 0.15) is 12.1 Å². The van der Waals surface area contributed by atoms with Crippen molar-refractivity contribution in [2.24, 2.45) is 5.92 Å². The third-order valence-corrected chi connectivity index (χ3v) is 5.55. The van der Waals surface area contributed by atoms with E-state index in [0.717, 1.165) is 28.8 Å². The second-order valence-corrected chi connectivity index (χ2v) is 8.05. The monoisotopic (exact) mass is 404 g/mol. The number of aldehydes is 1. The minimum atomic E-state index is -0.377. The molecule has 156 valence electrons. The second-order valence-electron chi connectivity index (χ2n) is 8.05. The largest absolute Gasteiger partial charge is 0.378 e. The van der Waals surface area contributed by atoms with Gasteiger partial charge in [-0.05, 0) is 53.4 Å². The number of hydrogen-bond donors (Lipinski definition) is 0. The number of carbonyl (C=O) groups excluding carboxylic acids is 1. The average molecular weight is 405 g/mol. The minimum absolute atomic E-state index is 0.158. The number of hydrogen-bond acceptors (Lipinski definition) is 3. The van der Waals surface area contributed by atoms with Crippen LogP contribution in [0, 0.1) is 11.7 Å². The normalized spacial score (nSPS) is 11.9. The maximum Gasteiger partial charge on any atom is 0.126 e. The Morgan fingerprint density at radius 3 is 1.63 bits per heavy atom. The lowest BCUT2D eigenvalue weighted by molar-refractivity contribution is -0.111. The van der Waals surface area contributed by atoms with Gasteiger partial charge in [0, 0.05) is 51.4 Å². The Labute approximate surface area is 178 Å². The Kier molecular flexibility index (Phi) is 6.88. The summed E-state index contributed by atoms with van der Waals surface area (Å²) < 4.78 is 14.3. The summed E-state index contributed by atoms with van der Waals surface area (Å²) in [5.74, 6) is -0.805. The van der Waals surface area contributed by atoms with E-state index in [1.807, 2.05) is 44.1 Å². The van der Waals surface area contributed by atoms with Crippen LogP contribution in [0.5, 0.6) is 0 Å². The molecular formula is C26H29FN2O. The van der Waals surface area contributed by atoms with E-state index in [1.165, 1.54) is 6.07 Å². The average Bonchev–Trinajstić information content (AvgIpc) is 2.75. The molecule has 4 heteroatoms. The molecule has 3 nitrogen and oxygen atoms in total. The van der Waals surface area contributed by atoms with E-state index in [1.54, 1.807) is 12.1 Å². The molecule has 0 aliphatic carbocycles. The number of carbonyl (C=O) groups is 1. The van der Waals surface area contributed by atoms with E-state index in [-0.39, 0.29) is 17.7 Å². The van der Waals surface area contributed by atoms with Crippen LogP contribution >= 0.6 is 0 Å². The molecule has 0 radical (unpaired) electrons. The number of anilines is 2. The molecule has 0 saturated carbocycles. The molecule has 3 aromatic rings. The Balaban J connectivity index is 2.03. The highest BCUT2D eigenvalue weighted by molar-refractivity contribution is 5.61. The van der Waals surface area contributed by atoms with Gasteiger partial charge >= 0.3 is 0 Å². The first-order valence-corrected chi connectivity index (χ1v) is 10.1. The molecular weight excluding hydrogens is 375 g/mol. The first-order chi connectivity index (χ1) is 14.4. The molecule has 0 bridgehead atoms. The van der Waals surface area contributed by atoms with E-state index in [9.17, 15) is 9.18 Å². The third-order valence-electron chi connectivity index (χ3n) is 5.55. The van der Waals surface area contributed by atoms with Gasteiger partial charge in [0.15, 0.2) is 0 Å². The summed E-state index contributed by atoms with van der Waals surface area (Å²) in [4.78, 5) is 16.3. The molecule has 30 heavy (non-hydrogen) atoms. The Morgan fingerprint density at radius 1 is 0.767 bits per heavy atom. The van der Waals surface area contributed by atoms with E-state index < -0.39 is 0 Å². The minimum Gasteiger partial charge on any atom is -0.378 e. The highest BCUT2D eigenvalue weighted by Gasteiger charge is 2.26. The Hall–Kier alpha value is -3.14. The van der Waals surface area contributed by atoms with Crippen LogP contribution in [0.3, 0.4) is 0 Å². The molecule has 0 saturated heterocycles. The molecule has 0 aliphatic heterocycles. The van der Waals surface area contributed by atoms with Crippen molar-refractivity contribution < 1.29 is 9.18 Å². The zero-order chi connectivity index (χ0) is 21.7. The van der Waals surface area contributed by atoms with E-state index in [2.05, 4.69) is 48.5 Å². The fourth-order valence-corrected chi connectivity index (χ4v) is 3.81. The molecule has 0 amide bonds. The van der Waals surface area contributed by atoms with Crippen molar-refractivity contribution in [3.05, 3.63) is 95.3 Å². The molecule has 3 rings (SSSR count). The van der Waals surface area contributed by atoms with Crippen LogP contribution in [-0.2, 0) is 11.2 Å². The summed E-state index contributed by atoms with van der Waals surface area (Å²) in [6.45, 7) is 0. The molecule has 0 aliphatic rings.